The number of fused-ring (bicyclic) bond motifs is 1. The molecule has 0 spiro atoms. The Labute approximate surface area is 120 Å². The van der Waals surface area contributed by atoms with Crippen LogP contribution in [0.3, 0.4) is 0 Å². The number of nitro benzene ring substituents is 1. The van der Waals surface area contributed by atoms with E-state index in [9.17, 15) is 14.9 Å². The fourth-order valence-corrected chi connectivity index (χ4v) is 2.64. The van der Waals surface area contributed by atoms with E-state index in [1.807, 2.05) is 7.05 Å². The van der Waals surface area contributed by atoms with Crippen LogP contribution in [0.2, 0.25) is 0 Å². The highest BCUT2D eigenvalue weighted by Gasteiger charge is 2.19. The number of hydrogen-bond donors (Lipinski definition) is 1. The van der Waals surface area contributed by atoms with E-state index >= 15 is 0 Å². The minimum absolute atomic E-state index is 0.0334. The number of rotatable bonds is 2. The number of nitrogens with zero attached hydrogens (tertiary/aromatic N) is 3. The number of aromatic amines is 1. The van der Waals surface area contributed by atoms with Gasteiger partial charge in [-0.25, -0.2) is 0 Å². The average Bonchev–Trinajstić information content (AvgIpc) is 2.47. The lowest BCUT2D eigenvalue weighted by molar-refractivity contribution is -0.383. The van der Waals surface area contributed by atoms with Gasteiger partial charge in [-0.15, -0.1) is 0 Å². The molecule has 0 unspecified atom stereocenters. The summed E-state index contributed by atoms with van der Waals surface area (Å²) in [5.74, 6) is 0.648. The van der Waals surface area contributed by atoms with E-state index in [1.54, 1.807) is 12.1 Å². The van der Waals surface area contributed by atoms with E-state index in [0.29, 0.717) is 16.6 Å². The standard InChI is InChI=1S/C14H16N4O3/c1-16-5-7-17(8-6-16)13-9-11-10(14(19)15-13)3-2-4-12(11)18(20)21/h2-4,9H,5-8H2,1H3,(H,15,19). The van der Waals surface area contributed by atoms with Crippen LogP contribution in [0.1, 0.15) is 0 Å². The molecule has 1 aliphatic heterocycles. The number of piperazine rings is 1. The number of anilines is 1. The molecule has 7 nitrogen and oxygen atoms in total. The van der Waals surface area contributed by atoms with E-state index in [-0.39, 0.29) is 11.2 Å². The first-order chi connectivity index (χ1) is 10.1. The Morgan fingerprint density at radius 2 is 1.90 bits per heavy atom. The lowest BCUT2D eigenvalue weighted by Crippen LogP contribution is -2.45. The molecule has 21 heavy (non-hydrogen) atoms. The van der Waals surface area contributed by atoms with E-state index in [4.69, 9.17) is 0 Å². The first-order valence-electron chi connectivity index (χ1n) is 6.80. The minimum Gasteiger partial charge on any atom is -0.356 e. The van der Waals surface area contributed by atoms with Crippen LogP contribution in [0.25, 0.3) is 10.8 Å². The normalized spacial score (nSPS) is 16.3. The van der Waals surface area contributed by atoms with Crippen molar-refractivity contribution in [3.8, 4) is 0 Å². The lowest BCUT2D eigenvalue weighted by atomic mass is 10.1. The molecular weight excluding hydrogens is 272 g/mol. The molecule has 0 saturated carbocycles. The Hall–Kier alpha value is -2.41. The predicted molar refractivity (Wildman–Crippen MR) is 80.9 cm³/mol. The second-order valence-corrected chi connectivity index (χ2v) is 5.27. The van der Waals surface area contributed by atoms with Crippen molar-refractivity contribution in [1.29, 1.82) is 0 Å². The quantitative estimate of drug-likeness (QED) is 0.663. The maximum absolute atomic E-state index is 12.2. The van der Waals surface area contributed by atoms with Crippen LogP contribution in [0.5, 0.6) is 0 Å². The van der Waals surface area contributed by atoms with Crippen LogP contribution in [-0.2, 0) is 0 Å². The molecule has 110 valence electrons. The third-order valence-electron chi connectivity index (χ3n) is 3.89. The highest BCUT2D eigenvalue weighted by atomic mass is 16.6. The molecule has 0 amide bonds. The van der Waals surface area contributed by atoms with Crippen LogP contribution in [0, 0.1) is 10.1 Å². The van der Waals surface area contributed by atoms with Crippen LogP contribution < -0.4 is 10.5 Å². The van der Waals surface area contributed by atoms with Crippen LogP contribution in [-0.4, -0.2) is 48.0 Å². The maximum Gasteiger partial charge on any atom is 0.277 e. The van der Waals surface area contributed by atoms with Crippen molar-refractivity contribution in [3.63, 3.8) is 0 Å². The molecule has 1 fully saturated rings. The third kappa shape index (κ3) is 2.47. The molecule has 1 N–H and O–H groups in total. The molecule has 1 aliphatic rings. The van der Waals surface area contributed by atoms with Gasteiger partial charge in [-0.2, -0.15) is 0 Å². The lowest BCUT2D eigenvalue weighted by Gasteiger charge is -2.33. The van der Waals surface area contributed by atoms with Gasteiger partial charge in [0, 0.05) is 32.2 Å². The Balaban J connectivity index is 2.11. The molecule has 1 saturated heterocycles. The summed E-state index contributed by atoms with van der Waals surface area (Å²) in [7, 11) is 2.05. The summed E-state index contributed by atoms with van der Waals surface area (Å²) in [5, 5.41) is 11.9. The smallest absolute Gasteiger partial charge is 0.277 e. The van der Waals surface area contributed by atoms with Gasteiger partial charge in [-0.3, -0.25) is 14.9 Å². The van der Waals surface area contributed by atoms with E-state index in [2.05, 4.69) is 14.8 Å². The molecule has 3 rings (SSSR count). The summed E-state index contributed by atoms with van der Waals surface area (Å²) in [6, 6.07) is 6.27. The number of hydrogen-bond acceptors (Lipinski definition) is 5. The Kier molecular flexibility index (Phi) is 3.34. The molecular formula is C14H16N4O3. The van der Waals surface area contributed by atoms with Gasteiger partial charge in [0.05, 0.1) is 15.7 Å². The molecule has 0 aliphatic carbocycles. The summed E-state index contributed by atoms with van der Waals surface area (Å²) < 4.78 is 0. The number of aromatic nitrogens is 1. The largest absolute Gasteiger partial charge is 0.356 e. The molecule has 2 aromatic rings. The fraction of sp³-hybridized carbons (Fsp3) is 0.357. The highest BCUT2D eigenvalue weighted by molar-refractivity contribution is 5.91. The second kappa shape index (κ2) is 5.17. The van der Waals surface area contributed by atoms with E-state index in [1.165, 1.54) is 12.1 Å². The van der Waals surface area contributed by atoms with Crippen molar-refractivity contribution in [2.24, 2.45) is 0 Å². The zero-order chi connectivity index (χ0) is 15.0. The van der Waals surface area contributed by atoms with Crippen LogP contribution in [0.15, 0.2) is 29.1 Å². The third-order valence-corrected chi connectivity index (χ3v) is 3.89. The van der Waals surface area contributed by atoms with Gasteiger partial charge in [-0.05, 0) is 19.2 Å². The van der Waals surface area contributed by atoms with Crippen molar-refractivity contribution in [2.45, 2.75) is 0 Å². The maximum atomic E-state index is 12.2. The number of H-pyrrole nitrogens is 1. The van der Waals surface area contributed by atoms with Crippen molar-refractivity contribution in [1.82, 2.24) is 9.88 Å². The van der Waals surface area contributed by atoms with Crippen molar-refractivity contribution >= 4 is 22.3 Å². The summed E-state index contributed by atoms with van der Waals surface area (Å²) >= 11 is 0. The molecule has 1 aromatic heterocycles. The molecule has 7 heteroatoms. The van der Waals surface area contributed by atoms with Gasteiger partial charge >= 0.3 is 0 Å². The SMILES string of the molecule is CN1CCN(c2cc3c([N+](=O)[O-])cccc3c(=O)[nH]2)CC1. The number of nitrogens with one attached hydrogen (secondary N) is 1. The first kappa shape index (κ1) is 13.6. The predicted octanol–water partition coefficient (Wildman–Crippen LogP) is 1.19. The molecule has 0 bridgehead atoms. The highest BCUT2D eigenvalue weighted by Crippen LogP contribution is 2.26. The van der Waals surface area contributed by atoms with Gasteiger partial charge in [0.15, 0.2) is 0 Å². The average molecular weight is 288 g/mol. The van der Waals surface area contributed by atoms with Crippen LogP contribution in [0.4, 0.5) is 11.5 Å². The van der Waals surface area contributed by atoms with Crippen LogP contribution >= 0.6 is 0 Å². The van der Waals surface area contributed by atoms with Gasteiger partial charge in [0.1, 0.15) is 5.82 Å². The van der Waals surface area contributed by atoms with Crippen molar-refractivity contribution in [3.05, 3.63) is 44.7 Å². The van der Waals surface area contributed by atoms with Crippen molar-refractivity contribution in [2.75, 3.05) is 38.1 Å². The van der Waals surface area contributed by atoms with Gasteiger partial charge in [-0.1, -0.05) is 6.07 Å². The second-order valence-electron chi connectivity index (χ2n) is 5.27. The number of non-ortho nitro benzene ring substituents is 1. The summed E-state index contributed by atoms with van der Waals surface area (Å²) in [5.41, 5.74) is -0.320. The number of pyridine rings is 1. The monoisotopic (exact) mass is 288 g/mol. The van der Waals surface area contributed by atoms with Gasteiger partial charge in [0.25, 0.3) is 11.2 Å². The number of benzene rings is 1. The zero-order valence-electron chi connectivity index (χ0n) is 11.7. The summed E-state index contributed by atoms with van der Waals surface area (Å²) in [6.45, 7) is 3.38. The first-order valence-corrected chi connectivity index (χ1v) is 6.80. The fourth-order valence-electron chi connectivity index (χ4n) is 2.64. The Morgan fingerprint density at radius 1 is 1.19 bits per heavy atom. The summed E-state index contributed by atoms with van der Waals surface area (Å²) in [4.78, 5) is 29.9. The number of likely N-dealkylation sites (N-methyl/N-ethyl adjacent to an activating group) is 1. The zero-order valence-corrected chi connectivity index (χ0v) is 11.7. The Bertz CT molecular complexity index is 747. The molecule has 0 radical (unpaired) electrons. The molecule has 0 atom stereocenters. The van der Waals surface area contributed by atoms with E-state index < -0.39 is 4.92 Å². The Morgan fingerprint density at radius 3 is 2.57 bits per heavy atom. The number of nitro groups is 1. The molecule has 1 aromatic carbocycles. The minimum atomic E-state index is -0.449. The van der Waals surface area contributed by atoms with Gasteiger partial charge < -0.3 is 14.8 Å². The summed E-state index contributed by atoms with van der Waals surface area (Å²) in [6.07, 6.45) is 0. The topological polar surface area (TPSA) is 82.5 Å². The van der Waals surface area contributed by atoms with Crippen molar-refractivity contribution < 1.29 is 4.92 Å². The van der Waals surface area contributed by atoms with Gasteiger partial charge in [0.2, 0.25) is 0 Å². The van der Waals surface area contributed by atoms with E-state index in [0.717, 1.165) is 26.2 Å². The molecule has 2 heterocycles.